The number of methoxy groups -OCH3 is 3. The predicted octanol–water partition coefficient (Wildman–Crippen LogP) is 3.25. The van der Waals surface area contributed by atoms with Crippen LogP contribution in [0.1, 0.15) is 13.3 Å². The summed E-state index contributed by atoms with van der Waals surface area (Å²) in [6, 6.07) is 6.70. The van der Waals surface area contributed by atoms with Crippen LogP contribution in [0.3, 0.4) is 0 Å². The normalized spacial score (nSPS) is 10.7. The van der Waals surface area contributed by atoms with Crippen LogP contribution < -0.4 is 24.5 Å². The second kappa shape index (κ2) is 12.2. The quantitative estimate of drug-likeness (QED) is 0.224. The lowest BCUT2D eigenvalue weighted by Gasteiger charge is -2.15. The van der Waals surface area contributed by atoms with Crippen molar-refractivity contribution in [2.24, 2.45) is 0 Å². The monoisotopic (exact) mass is 504 g/mol. The van der Waals surface area contributed by atoms with Gasteiger partial charge in [-0.25, -0.2) is 4.98 Å². The van der Waals surface area contributed by atoms with E-state index in [9.17, 15) is 14.7 Å². The molecule has 0 amide bonds. The van der Waals surface area contributed by atoms with Crippen LogP contribution in [0, 0.1) is 0 Å². The van der Waals surface area contributed by atoms with E-state index in [1.165, 1.54) is 43.9 Å². The summed E-state index contributed by atoms with van der Waals surface area (Å²) in [5.41, 5.74) is -0.282. The van der Waals surface area contributed by atoms with E-state index >= 15 is 0 Å². The Morgan fingerprint density at radius 3 is 2.49 bits per heavy atom. The molecular weight excluding hydrogens is 476 g/mol. The molecule has 0 spiro atoms. The van der Waals surface area contributed by atoms with Crippen molar-refractivity contribution in [3.05, 3.63) is 40.8 Å². The topological polar surface area (TPSA) is 118 Å². The van der Waals surface area contributed by atoms with Gasteiger partial charge in [0.2, 0.25) is 5.75 Å². The molecule has 3 aromatic rings. The van der Waals surface area contributed by atoms with Crippen LogP contribution in [0.2, 0.25) is 0 Å². The summed E-state index contributed by atoms with van der Waals surface area (Å²) in [5, 5.41) is 11.1. The maximum absolute atomic E-state index is 13.1. The summed E-state index contributed by atoms with van der Waals surface area (Å²) in [6.45, 7) is 1.94. The molecule has 11 heteroatoms. The number of fused-ring (bicyclic) bond motifs is 1. The summed E-state index contributed by atoms with van der Waals surface area (Å²) in [4.78, 5) is 29.5. The highest BCUT2D eigenvalue weighted by atomic mass is 32.2. The van der Waals surface area contributed by atoms with Crippen LogP contribution >= 0.6 is 11.8 Å². The molecule has 0 aliphatic heterocycles. The van der Waals surface area contributed by atoms with E-state index < -0.39 is 11.5 Å². The van der Waals surface area contributed by atoms with Gasteiger partial charge in [-0.1, -0.05) is 0 Å². The lowest BCUT2D eigenvalue weighted by molar-refractivity contribution is -0.143. The average Bonchev–Trinajstić information content (AvgIpc) is 2.87. The lowest BCUT2D eigenvalue weighted by atomic mass is 10.2. The van der Waals surface area contributed by atoms with Gasteiger partial charge in [0.1, 0.15) is 28.6 Å². The SMILES string of the molecule is CCOC(=O)Cn1c(=O)c(SCCCOc2cc(OC)c(OC)c(OC)c2)c(O)c2cccnc21. The van der Waals surface area contributed by atoms with Gasteiger partial charge < -0.3 is 28.8 Å². The molecule has 0 bridgehead atoms. The first-order valence-corrected chi connectivity index (χ1v) is 11.8. The van der Waals surface area contributed by atoms with Gasteiger partial charge in [-0.05, 0) is 25.5 Å². The van der Waals surface area contributed by atoms with E-state index in [0.29, 0.717) is 47.2 Å². The van der Waals surface area contributed by atoms with E-state index in [2.05, 4.69) is 4.98 Å². The maximum Gasteiger partial charge on any atom is 0.326 e. The zero-order chi connectivity index (χ0) is 25.4. The molecule has 0 saturated heterocycles. The zero-order valence-electron chi connectivity index (χ0n) is 20.0. The largest absolute Gasteiger partial charge is 0.506 e. The van der Waals surface area contributed by atoms with Crippen molar-refractivity contribution in [3.8, 4) is 28.7 Å². The summed E-state index contributed by atoms with van der Waals surface area (Å²) < 4.78 is 28.0. The minimum Gasteiger partial charge on any atom is -0.506 e. The fourth-order valence-electron chi connectivity index (χ4n) is 3.42. The van der Waals surface area contributed by atoms with Crippen LogP contribution in [0.5, 0.6) is 28.7 Å². The van der Waals surface area contributed by atoms with Crippen LogP contribution in [0.15, 0.2) is 40.2 Å². The van der Waals surface area contributed by atoms with E-state index in [0.717, 1.165) is 0 Å². The number of hydrogen-bond acceptors (Lipinski definition) is 10. The summed E-state index contributed by atoms with van der Waals surface area (Å²) in [5.74, 6) is 1.74. The van der Waals surface area contributed by atoms with Gasteiger partial charge in [0.25, 0.3) is 5.56 Å². The third-order valence-corrected chi connectivity index (χ3v) is 6.14. The Kier molecular flexibility index (Phi) is 9.07. The number of pyridine rings is 2. The molecule has 0 unspecified atom stereocenters. The molecule has 0 radical (unpaired) electrons. The number of carbonyl (C=O) groups is 1. The van der Waals surface area contributed by atoms with E-state index in [-0.39, 0.29) is 29.4 Å². The summed E-state index contributed by atoms with van der Waals surface area (Å²) in [6.07, 6.45) is 2.07. The van der Waals surface area contributed by atoms with Gasteiger partial charge in [0.15, 0.2) is 11.5 Å². The highest BCUT2D eigenvalue weighted by Crippen LogP contribution is 2.41. The molecular formula is C24H28N2O8S. The first-order chi connectivity index (χ1) is 16.9. The molecule has 0 atom stereocenters. The van der Waals surface area contributed by atoms with Crippen molar-refractivity contribution < 1.29 is 33.6 Å². The Bertz CT molecular complexity index is 1220. The van der Waals surface area contributed by atoms with Crippen molar-refractivity contribution >= 4 is 28.8 Å². The smallest absolute Gasteiger partial charge is 0.326 e. The number of aromatic nitrogens is 2. The van der Waals surface area contributed by atoms with E-state index in [4.69, 9.17) is 23.7 Å². The van der Waals surface area contributed by atoms with Crippen LogP contribution in [-0.2, 0) is 16.1 Å². The molecule has 3 rings (SSSR count). The van der Waals surface area contributed by atoms with Gasteiger partial charge in [-0.3, -0.25) is 14.2 Å². The van der Waals surface area contributed by atoms with Gasteiger partial charge in [0.05, 0.1) is 39.9 Å². The number of benzene rings is 1. The molecule has 10 nitrogen and oxygen atoms in total. The number of thioether (sulfide) groups is 1. The van der Waals surface area contributed by atoms with Crippen LogP contribution in [-0.4, -0.2) is 60.9 Å². The molecule has 1 N–H and O–H groups in total. The minimum absolute atomic E-state index is 0.141. The van der Waals surface area contributed by atoms with E-state index in [1.807, 2.05) is 0 Å². The van der Waals surface area contributed by atoms with Gasteiger partial charge >= 0.3 is 5.97 Å². The minimum atomic E-state index is -0.554. The predicted molar refractivity (Wildman–Crippen MR) is 131 cm³/mol. The van der Waals surface area contributed by atoms with Crippen molar-refractivity contribution in [2.75, 3.05) is 40.3 Å². The Morgan fingerprint density at radius 2 is 1.86 bits per heavy atom. The maximum atomic E-state index is 13.1. The molecule has 188 valence electrons. The Labute approximate surface area is 206 Å². The second-order valence-electron chi connectivity index (χ2n) is 7.16. The average molecular weight is 505 g/mol. The standard InChI is InChI=1S/C24H28N2O8S/c1-5-33-19(27)14-26-23-16(8-6-9-25-23)20(28)22(24(26)29)35-11-7-10-34-15-12-17(30-2)21(32-4)18(13-15)31-3/h6,8-9,12-13,28H,5,7,10-11,14H2,1-4H3. The van der Waals surface area contributed by atoms with Gasteiger partial charge in [-0.15, -0.1) is 11.8 Å². The van der Waals surface area contributed by atoms with Crippen LogP contribution in [0.25, 0.3) is 11.0 Å². The highest BCUT2D eigenvalue weighted by Gasteiger charge is 2.19. The Hall–Kier alpha value is -3.60. The lowest BCUT2D eigenvalue weighted by Crippen LogP contribution is -2.27. The Balaban J connectivity index is 1.72. The number of nitrogens with zero attached hydrogens (tertiary/aromatic N) is 2. The number of hydrogen-bond donors (Lipinski definition) is 1. The van der Waals surface area contributed by atoms with Crippen LogP contribution in [0.4, 0.5) is 0 Å². The highest BCUT2D eigenvalue weighted by molar-refractivity contribution is 7.99. The summed E-state index contributed by atoms with van der Waals surface area (Å²) in [7, 11) is 4.58. The molecule has 0 aliphatic carbocycles. The Morgan fingerprint density at radius 1 is 1.14 bits per heavy atom. The molecule has 1 aromatic carbocycles. The number of rotatable bonds is 12. The fraction of sp³-hybridized carbons (Fsp3) is 0.375. The number of carbonyl (C=O) groups excluding carboxylic acids is 1. The molecule has 2 aromatic heterocycles. The third kappa shape index (κ3) is 5.91. The molecule has 0 aliphatic rings. The first-order valence-electron chi connectivity index (χ1n) is 10.9. The zero-order valence-corrected chi connectivity index (χ0v) is 20.8. The van der Waals surface area contributed by atoms with Gasteiger partial charge in [0, 0.05) is 24.1 Å². The molecule has 0 saturated carbocycles. The van der Waals surface area contributed by atoms with Crippen molar-refractivity contribution in [3.63, 3.8) is 0 Å². The van der Waals surface area contributed by atoms with E-state index in [1.54, 1.807) is 31.2 Å². The molecule has 35 heavy (non-hydrogen) atoms. The fourth-order valence-corrected chi connectivity index (χ4v) is 4.36. The van der Waals surface area contributed by atoms with Crippen molar-refractivity contribution in [2.45, 2.75) is 24.8 Å². The third-order valence-electron chi connectivity index (χ3n) is 4.99. The van der Waals surface area contributed by atoms with Gasteiger partial charge in [-0.2, -0.15) is 0 Å². The van der Waals surface area contributed by atoms with Crippen molar-refractivity contribution in [1.82, 2.24) is 9.55 Å². The first kappa shape index (κ1) is 26.0. The van der Waals surface area contributed by atoms with Crippen molar-refractivity contribution in [1.29, 1.82) is 0 Å². The number of aromatic hydroxyl groups is 1. The number of esters is 1. The second-order valence-corrected chi connectivity index (χ2v) is 8.27. The number of ether oxygens (including phenoxy) is 5. The molecule has 0 fully saturated rings. The molecule has 2 heterocycles. The summed E-state index contributed by atoms with van der Waals surface area (Å²) >= 11 is 1.19.